The zero-order chi connectivity index (χ0) is 36.3. The molecule has 1 amide bonds. The van der Waals surface area contributed by atoms with E-state index < -0.39 is 11.6 Å². The van der Waals surface area contributed by atoms with Gasteiger partial charge in [-0.1, -0.05) is 18.7 Å². The monoisotopic (exact) mass is 718 g/mol. The van der Waals surface area contributed by atoms with E-state index in [1.807, 2.05) is 6.20 Å². The molecule has 274 valence electrons. The number of rotatable bonds is 9. The lowest BCUT2D eigenvalue weighted by atomic mass is 9.72. The lowest BCUT2D eigenvalue weighted by molar-refractivity contribution is -0.121. The van der Waals surface area contributed by atoms with E-state index >= 15 is 0 Å². The van der Waals surface area contributed by atoms with Gasteiger partial charge in [0.2, 0.25) is 5.91 Å². The molecule has 2 N–H and O–H groups in total. The van der Waals surface area contributed by atoms with Crippen LogP contribution in [-0.4, -0.2) is 92.2 Å². The van der Waals surface area contributed by atoms with E-state index in [0.717, 1.165) is 76.0 Å². The van der Waals surface area contributed by atoms with Gasteiger partial charge in [0.25, 0.3) is 0 Å². The van der Waals surface area contributed by atoms with Gasteiger partial charge in [0, 0.05) is 112 Å². The lowest BCUT2D eigenvalue weighted by Crippen LogP contribution is -2.72. The topological polar surface area (TPSA) is 98.9 Å². The second kappa shape index (κ2) is 13.4. The predicted octanol–water partition coefficient (Wildman–Crippen LogP) is 5.89. The third kappa shape index (κ3) is 6.46. The Labute approximate surface area is 307 Å². The summed E-state index contributed by atoms with van der Waals surface area (Å²) >= 11 is 0. The average Bonchev–Trinajstić information content (AvgIpc) is 3.80. The molecule has 1 atom stereocenters. The number of likely N-dealkylation sites (tertiary alicyclic amines) is 2. The summed E-state index contributed by atoms with van der Waals surface area (Å²) in [6.07, 6.45) is 12.3. The molecule has 4 saturated heterocycles. The number of hydrogen-bond acceptors (Lipinski definition) is 8. The Morgan fingerprint density at radius 3 is 2.51 bits per heavy atom. The summed E-state index contributed by atoms with van der Waals surface area (Å²) < 4.78 is 32.4. The maximum Gasteiger partial charge on any atom is 0.224 e. The highest BCUT2D eigenvalue weighted by Crippen LogP contribution is 2.42. The Balaban J connectivity index is 0.724. The highest BCUT2D eigenvalue weighted by Gasteiger charge is 2.51. The van der Waals surface area contributed by atoms with Crippen molar-refractivity contribution in [3.8, 4) is 11.3 Å². The number of amides is 1. The van der Waals surface area contributed by atoms with Crippen molar-refractivity contribution in [2.45, 2.75) is 44.6 Å². The van der Waals surface area contributed by atoms with Gasteiger partial charge in [-0.05, 0) is 55.5 Å². The normalized spacial score (nSPS) is 20.8. The van der Waals surface area contributed by atoms with Crippen LogP contribution in [0.15, 0.2) is 79.7 Å². The minimum absolute atomic E-state index is 0.0697. The summed E-state index contributed by atoms with van der Waals surface area (Å²) in [6.45, 7) is 14.6. The molecule has 11 nitrogen and oxygen atoms in total. The molecule has 9 rings (SSSR count). The van der Waals surface area contributed by atoms with Crippen molar-refractivity contribution < 1.29 is 13.6 Å². The fraction of sp³-hybridized carbons (Fsp3) is 0.400. The molecule has 0 bridgehead atoms. The highest BCUT2D eigenvalue weighted by molar-refractivity contribution is 5.79. The number of hydrogen-bond donors (Lipinski definition) is 2. The number of benzene rings is 2. The van der Waals surface area contributed by atoms with Crippen molar-refractivity contribution in [2.75, 3.05) is 62.6 Å². The van der Waals surface area contributed by atoms with Gasteiger partial charge in [0.05, 0.1) is 29.8 Å². The van der Waals surface area contributed by atoms with Gasteiger partial charge in [-0.3, -0.25) is 13.9 Å². The van der Waals surface area contributed by atoms with Crippen LogP contribution in [0.2, 0.25) is 0 Å². The number of carbonyl (C=O) groups excluding carboxylic acids is 1. The van der Waals surface area contributed by atoms with Crippen LogP contribution in [0, 0.1) is 24.0 Å². The molecular weight excluding hydrogens is 675 g/mol. The van der Waals surface area contributed by atoms with Gasteiger partial charge >= 0.3 is 0 Å². The zero-order valence-corrected chi connectivity index (χ0v) is 29.9. The average molecular weight is 719 g/mol. The largest absolute Gasteiger partial charge is 0.370 e. The van der Waals surface area contributed by atoms with Crippen LogP contribution < -0.4 is 15.5 Å². The standard InChI is InChI=1S/C40H44F2N10O/c1-26-17-33(35(42)18-34(26)41)36-20-44-38(39-43-11-14-51(36)39)47-29-19-45-52(21-29)31-9-12-48(13-10-31)15-16-49-22-40(23-49)24-50(25-40)30-5-3-28(4-6-30)32-7-8-37(53)46-27(32)2/h3-6,11,14,17-21,31-32H,2,7-10,12-13,15-16,22-25H2,1H3,(H,44,47)(H,46,53). The van der Waals surface area contributed by atoms with Gasteiger partial charge in [0.1, 0.15) is 11.6 Å². The zero-order valence-electron chi connectivity index (χ0n) is 29.9. The Bertz CT molecular complexity index is 2170. The molecule has 13 heteroatoms. The molecule has 2 aromatic carbocycles. The molecule has 4 aliphatic rings. The van der Waals surface area contributed by atoms with Crippen LogP contribution in [0.3, 0.4) is 0 Å². The first-order chi connectivity index (χ1) is 25.7. The molecule has 0 radical (unpaired) electrons. The van der Waals surface area contributed by atoms with Crippen LogP contribution in [0.4, 0.5) is 26.0 Å². The maximum absolute atomic E-state index is 14.7. The molecule has 7 heterocycles. The molecule has 53 heavy (non-hydrogen) atoms. The molecule has 4 fully saturated rings. The van der Waals surface area contributed by atoms with Gasteiger partial charge in [0.15, 0.2) is 11.5 Å². The minimum atomic E-state index is -0.645. The smallest absolute Gasteiger partial charge is 0.224 e. The molecule has 5 aromatic rings. The van der Waals surface area contributed by atoms with Crippen molar-refractivity contribution in [3.63, 3.8) is 0 Å². The van der Waals surface area contributed by atoms with Crippen LogP contribution in [0.5, 0.6) is 0 Å². The first kappa shape index (κ1) is 33.7. The quantitative estimate of drug-likeness (QED) is 0.195. The van der Waals surface area contributed by atoms with E-state index in [9.17, 15) is 13.6 Å². The first-order valence-corrected chi connectivity index (χ1v) is 18.6. The fourth-order valence-corrected chi connectivity index (χ4v) is 8.76. The minimum Gasteiger partial charge on any atom is -0.370 e. The van der Waals surface area contributed by atoms with Crippen molar-refractivity contribution >= 4 is 28.7 Å². The summed E-state index contributed by atoms with van der Waals surface area (Å²) in [5, 5.41) is 10.9. The van der Waals surface area contributed by atoms with Crippen molar-refractivity contribution in [2.24, 2.45) is 5.41 Å². The molecular formula is C40H44F2N10O. The Morgan fingerprint density at radius 2 is 1.74 bits per heavy atom. The summed E-state index contributed by atoms with van der Waals surface area (Å²) in [4.78, 5) is 28.3. The molecule has 1 spiro atoms. The first-order valence-electron chi connectivity index (χ1n) is 18.6. The number of halogens is 2. The van der Waals surface area contributed by atoms with E-state index in [-0.39, 0.29) is 17.4 Å². The highest BCUT2D eigenvalue weighted by atomic mass is 19.1. The number of anilines is 3. The number of piperidine rings is 2. The fourth-order valence-electron chi connectivity index (χ4n) is 8.76. The summed E-state index contributed by atoms with van der Waals surface area (Å²) in [5.41, 5.74) is 6.22. The van der Waals surface area contributed by atoms with E-state index in [0.29, 0.717) is 40.6 Å². The summed E-state index contributed by atoms with van der Waals surface area (Å²) in [5.74, 6) is -0.419. The van der Waals surface area contributed by atoms with Gasteiger partial charge in [-0.15, -0.1) is 0 Å². The number of imidazole rings is 1. The third-order valence-corrected chi connectivity index (χ3v) is 11.7. The molecule has 0 aliphatic carbocycles. The van der Waals surface area contributed by atoms with E-state index in [4.69, 9.17) is 0 Å². The van der Waals surface area contributed by atoms with Gasteiger partial charge in [-0.25, -0.2) is 18.7 Å². The van der Waals surface area contributed by atoms with Crippen LogP contribution >= 0.6 is 0 Å². The molecule has 1 unspecified atom stereocenters. The number of allylic oxidation sites excluding steroid dienone is 1. The number of nitrogens with zero attached hydrogens (tertiary/aromatic N) is 8. The Kier molecular flexibility index (Phi) is 8.50. The molecule has 4 aliphatic heterocycles. The van der Waals surface area contributed by atoms with Crippen molar-refractivity contribution in [1.29, 1.82) is 0 Å². The Morgan fingerprint density at radius 1 is 0.962 bits per heavy atom. The Hall–Kier alpha value is -5.14. The second-order valence-corrected chi connectivity index (χ2v) is 15.4. The number of aryl methyl sites for hydroxylation is 1. The lowest BCUT2D eigenvalue weighted by Gasteiger charge is -2.61. The number of fused-ring (bicyclic) bond motifs is 1. The summed E-state index contributed by atoms with van der Waals surface area (Å²) in [7, 11) is 0. The molecule has 3 aromatic heterocycles. The van der Waals surface area contributed by atoms with E-state index in [1.54, 1.807) is 36.1 Å². The van der Waals surface area contributed by atoms with Gasteiger partial charge < -0.3 is 25.3 Å². The van der Waals surface area contributed by atoms with Crippen molar-refractivity contribution in [1.82, 2.24) is 39.3 Å². The van der Waals surface area contributed by atoms with Crippen LogP contribution in [-0.2, 0) is 4.79 Å². The number of nitrogens with one attached hydrogen (secondary N) is 2. The van der Waals surface area contributed by atoms with Crippen molar-refractivity contribution in [3.05, 3.63) is 102 Å². The van der Waals surface area contributed by atoms with E-state index in [1.165, 1.54) is 30.4 Å². The van der Waals surface area contributed by atoms with Crippen LogP contribution in [0.1, 0.15) is 48.8 Å². The summed E-state index contributed by atoms with van der Waals surface area (Å²) in [6, 6.07) is 11.6. The molecule has 0 saturated carbocycles. The van der Waals surface area contributed by atoms with E-state index in [2.05, 4.69) is 75.9 Å². The number of carbonyl (C=O) groups is 1. The second-order valence-electron chi connectivity index (χ2n) is 15.4. The van der Waals surface area contributed by atoms with Gasteiger partial charge in [-0.2, -0.15) is 5.10 Å². The third-order valence-electron chi connectivity index (χ3n) is 11.7. The number of aromatic nitrogens is 5. The predicted molar refractivity (Wildman–Crippen MR) is 200 cm³/mol. The van der Waals surface area contributed by atoms with Crippen LogP contribution in [0.25, 0.3) is 16.9 Å². The maximum atomic E-state index is 14.7. The SMILES string of the molecule is C=C1NC(=O)CCC1c1ccc(N2CC3(CN(CCN4CCC(n5cc(Nc6ncc(-c7cc(C)c(F)cc7F)n7ccnc67)cn5)CC4)C3)C2)cc1.